The number of hydrogen-bond donors (Lipinski definition) is 0. The normalized spacial score (nSPS) is 10.6. The van der Waals surface area contributed by atoms with Gasteiger partial charge in [0.05, 0.1) is 23.9 Å². The fourth-order valence-electron chi connectivity index (χ4n) is 2.72. The van der Waals surface area contributed by atoms with E-state index in [9.17, 15) is 4.79 Å². The van der Waals surface area contributed by atoms with Gasteiger partial charge in [0.15, 0.2) is 0 Å². The lowest BCUT2D eigenvalue weighted by molar-refractivity contribution is 0.0784. The average molecular weight is 320 g/mol. The van der Waals surface area contributed by atoms with Gasteiger partial charge in [-0.2, -0.15) is 0 Å². The van der Waals surface area contributed by atoms with Gasteiger partial charge in [-0.15, -0.1) is 0 Å². The molecule has 1 amide bonds. The Labute approximate surface area is 141 Å². The Kier molecular flexibility index (Phi) is 4.47. The molecule has 0 atom stereocenters. The number of hydrogen-bond acceptors (Lipinski definition) is 3. The monoisotopic (exact) mass is 320 g/mol. The van der Waals surface area contributed by atoms with Crippen LogP contribution in [0.15, 0.2) is 54.6 Å². The number of nitrogens with zero attached hydrogens (tertiary/aromatic N) is 2. The predicted octanol–water partition coefficient (Wildman–Crippen LogP) is 3.82. The zero-order chi connectivity index (χ0) is 17.1. The van der Waals surface area contributed by atoms with Crippen molar-refractivity contribution in [2.75, 3.05) is 14.2 Å². The Hall–Kier alpha value is -2.88. The molecule has 0 aliphatic carbocycles. The second kappa shape index (κ2) is 6.71. The Morgan fingerprint density at radius 3 is 2.58 bits per heavy atom. The van der Waals surface area contributed by atoms with Crippen molar-refractivity contribution in [2.24, 2.45) is 0 Å². The maximum atomic E-state index is 12.8. The first kappa shape index (κ1) is 16.0. The van der Waals surface area contributed by atoms with Crippen molar-refractivity contribution in [3.63, 3.8) is 0 Å². The number of aromatic nitrogens is 1. The molecule has 4 heteroatoms. The van der Waals surface area contributed by atoms with Gasteiger partial charge in [-0.3, -0.25) is 9.78 Å². The standard InChI is InChI=1S/C20H20N2O2/c1-14-18(11-16-9-10-17(24-3)12-19(16)21-14)20(23)22(2)13-15-7-5-4-6-8-15/h4-12H,13H2,1-3H3. The Balaban J connectivity index is 1.90. The van der Waals surface area contributed by atoms with Crippen LogP contribution in [0.2, 0.25) is 0 Å². The highest BCUT2D eigenvalue weighted by Crippen LogP contribution is 2.22. The molecule has 0 aliphatic heterocycles. The summed E-state index contributed by atoms with van der Waals surface area (Å²) in [6, 6.07) is 17.5. The first-order valence-corrected chi connectivity index (χ1v) is 7.83. The first-order chi connectivity index (χ1) is 11.6. The molecule has 0 aliphatic rings. The third-order valence-corrected chi connectivity index (χ3v) is 4.06. The topological polar surface area (TPSA) is 42.4 Å². The third-order valence-electron chi connectivity index (χ3n) is 4.06. The van der Waals surface area contributed by atoms with Crippen LogP contribution < -0.4 is 4.74 Å². The van der Waals surface area contributed by atoms with Gasteiger partial charge in [-0.25, -0.2) is 0 Å². The van der Waals surface area contributed by atoms with E-state index in [1.165, 1.54) is 0 Å². The lowest BCUT2D eigenvalue weighted by atomic mass is 10.1. The molecule has 0 saturated heterocycles. The van der Waals surface area contributed by atoms with Gasteiger partial charge in [0.25, 0.3) is 5.91 Å². The molecule has 4 nitrogen and oxygen atoms in total. The molecule has 122 valence electrons. The van der Waals surface area contributed by atoms with Crippen LogP contribution in [-0.2, 0) is 6.54 Å². The van der Waals surface area contributed by atoms with Crippen LogP contribution in [0.25, 0.3) is 10.9 Å². The van der Waals surface area contributed by atoms with E-state index in [1.807, 2.05) is 68.6 Å². The third kappa shape index (κ3) is 3.23. The fraction of sp³-hybridized carbons (Fsp3) is 0.200. The SMILES string of the molecule is COc1ccc2cc(C(=O)N(C)Cc3ccccc3)c(C)nc2c1. The van der Waals surface area contributed by atoms with Crippen LogP contribution >= 0.6 is 0 Å². The second-order valence-electron chi connectivity index (χ2n) is 5.83. The van der Waals surface area contributed by atoms with E-state index in [1.54, 1.807) is 12.0 Å². The highest BCUT2D eigenvalue weighted by atomic mass is 16.5. The quantitative estimate of drug-likeness (QED) is 0.734. The number of fused-ring (bicyclic) bond motifs is 1. The molecule has 2 aromatic carbocycles. The zero-order valence-electron chi connectivity index (χ0n) is 14.1. The number of carbonyl (C=O) groups excluding carboxylic acids is 1. The van der Waals surface area contributed by atoms with Gasteiger partial charge in [-0.1, -0.05) is 30.3 Å². The summed E-state index contributed by atoms with van der Waals surface area (Å²) in [5, 5.41) is 0.929. The van der Waals surface area contributed by atoms with Gasteiger partial charge >= 0.3 is 0 Å². The number of amides is 1. The molecule has 0 saturated carbocycles. The highest BCUT2D eigenvalue weighted by Gasteiger charge is 2.16. The molecule has 24 heavy (non-hydrogen) atoms. The van der Waals surface area contributed by atoms with E-state index < -0.39 is 0 Å². The molecule has 0 fully saturated rings. The van der Waals surface area contributed by atoms with Gasteiger partial charge in [0.1, 0.15) is 5.75 Å². The first-order valence-electron chi connectivity index (χ1n) is 7.83. The van der Waals surface area contributed by atoms with Crippen LogP contribution in [0.1, 0.15) is 21.6 Å². The minimum atomic E-state index is -0.0263. The van der Waals surface area contributed by atoms with Gasteiger partial charge < -0.3 is 9.64 Å². The van der Waals surface area contributed by atoms with Crippen molar-refractivity contribution in [2.45, 2.75) is 13.5 Å². The number of ether oxygens (including phenoxy) is 1. The number of carbonyl (C=O) groups is 1. The predicted molar refractivity (Wildman–Crippen MR) is 95.3 cm³/mol. The molecule has 1 aromatic heterocycles. The molecule has 0 unspecified atom stereocenters. The minimum Gasteiger partial charge on any atom is -0.497 e. The Morgan fingerprint density at radius 1 is 1.12 bits per heavy atom. The molecule has 3 rings (SSSR count). The number of benzene rings is 2. The number of rotatable bonds is 4. The van der Waals surface area contributed by atoms with Crippen LogP contribution in [0, 0.1) is 6.92 Å². The van der Waals surface area contributed by atoms with Crippen molar-refractivity contribution in [3.05, 3.63) is 71.4 Å². The van der Waals surface area contributed by atoms with Crippen LogP contribution in [0.3, 0.4) is 0 Å². The van der Waals surface area contributed by atoms with Crippen molar-refractivity contribution in [1.29, 1.82) is 0 Å². The summed E-state index contributed by atoms with van der Waals surface area (Å²) >= 11 is 0. The molecular formula is C20H20N2O2. The summed E-state index contributed by atoms with van der Waals surface area (Å²) in [6.45, 7) is 2.43. The molecule has 0 spiro atoms. The highest BCUT2D eigenvalue weighted by molar-refractivity contribution is 5.98. The molecule has 1 heterocycles. The molecular weight excluding hydrogens is 300 g/mol. The summed E-state index contributed by atoms with van der Waals surface area (Å²) in [4.78, 5) is 19.1. The number of aryl methyl sites for hydroxylation is 1. The minimum absolute atomic E-state index is 0.0263. The maximum absolute atomic E-state index is 12.8. The summed E-state index contributed by atoms with van der Waals surface area (Å²) in [6.07, 6.45) is 0. The van der Waals surface area contributed by atoms with Crippen molar-refractivity contribution in [3.8, 4) is 5.75 Å². The van der Waals surface area contributed by atoms with E-state index in [0.717, 1.165) is 27.9 Å². The zero-order valence-corrected chi connectivity index (χ0v) is 14.1. The Bertz CT molecular complexity index is 875. The van der Waals surface area contributed by atoms with E-state index in [2.05, 4.69) is 4.98 Å². The van der Waals surface area contributed by atoms with E-state index in [0.29, 0.717) is 12.1 Å². The van der Waals surface area contributed by atoms with Crippen LogP contribution in [0.4, 0.5) is 0 Å². The lowest BCUT2D eigenvalue weighted by Gasteiger charge is -2.18. The van der Waals surface area contributed by atoms with Crippen LogP contribution in [0.5, 0.6) is 5.75 Å². The van der Waals surface area contributed by atoms with Crippen molar-refractivity contribution in [1.82, 2.24) is 9.88 Å². The maximum Gasteiger partial charge on any atom is 0.255 e. The molecule has 0 N–H and O–H groups in total. The van der Waals surface area contributed by atoms with Crippen LogP contribution in [-0.4, -0.2) is 29.9 Å². The molecule has 0 bridgehead atoms. The summed E-state index contributed by atoms with van der Waals surface area (Å²) < 4.78 is 5.23. The number of methoxy groups -OCH3 is 1. The van der Waals surface area contributed by atoms with E-state index >= 15 is 0 Å². The van der Waals surface area contributed by atoms with Gasteiger partial charge in [0.2, 0.25) is 0 Å². The molecule has 3 aromatic rings. The van der Waals surface area contributed by atoms with Gasteiger partial charge in [0, 0.05) is 25.0 Å². The summed E-state index contributed by atoms with van der Waals surface area (Å²) in [7, 11) is 3.44. The fourth-order valence-corrected chi connectivity index (χ4v) is 2.72. The largest absolute Gasteiger partial charge is 0.497 e. The Morgan fingerprint density at radius 2 is 1.88 bits per heavy atom. The average Bonchev–Trinajstić information content (AvgIpc) is 2.60. The lowest BCUT2D eigenvalue weighted by Crippen LogP contribution is -2.27. The van der Waals surface area contributed by atoms with E-state index in [-0.39, 0.29) is 5.91 Å². The van der Waals surface area contributed by atoms with Crippen molar-refractivity contribution < 1.29 is 9.53 Å². The summed E-state index contributed by atoms with van der Waals surface area (Å²) in [5.41, 5.74) is 3.28. The smallest absolute Gasteiger partial charge is 0.255 e. The second-order valence-corrected chi connectivity index (χ2v) is 5.83. The van der Waals surface area contributed by atoms with Crippen molar-refractivity contribution >= 4 is 16.8 Å². The van der Waals surface area contributed by atoms with Gasteiger partial charge in [-0.05, 0) is 30.7 Å². The molecule has 0 radical (unpaired) electrons. The van der Waals surface area contributed by atoms with E-state index in [4.69, 9.17) is 4.74 Å². The summed E-state index contributed by atoms with van der Waals surface area (Å²) in [5.74, 6) is 0.733. The number of pyridine rings is 1.